The van der Waals surface area contributed by atoms with E-state index < -0.39 is 0 Å². The molecule has 0 aliphatic carbocycles. The number of rotatable bonds is 3. The van der Waals surface area contributed by atoms with E-state index in [1.54, 1.807) is 18.6 Å². The standard InChI is InChI=1S/C19H14ClN3O2/c1-25-19(24)16-11-23(18-15(16)3-2-6-21-18)10-12-4-5-17-13(7-12)8-14(20)9-22-17/h2-9,11H,10H2,1H3. The molecule has 0 radical (unpaired) electrons. The third kappa shape index (κ3) is 2.83. The van der Waals surface area contributed by atoms with E-state index in [2.05, 4.69) is 9.97 Å². The van der Waals surface area contributed by atoms with E-state index in [1.807, 2.05) is 41.0 Å². The van der Waals surface area contributed by atoms with Crippen LogP contribution in [0.1, 0.15) is 15.9 Å². The quantitative estimate of drug-likeness (QED) is 0.522. The molecule has 0 amide bonds. The summed E-state index contributed by atoms with van der Waals surface area (Å²) in [5.41, 5.74) is 3.21. The van der Waals surface area contributed by atoms with Gasteiger partial charge in [0, 0.05) is 35.9 Å². The van der Waals surface area contributed by atoms with E-state index in [0.717, 1.165) is 27.5 Å². The maximum atomic E-state index is 12.0. The first-order valence-corrected chi connectivity index (χ1v) is 8.10. The van der Waals surface area contributed by atoms with Crippen molar-refractivity contribution in [3.05, 3.63) is 71.1 Å². The molecule has 0 aliphatic heterocycles. The van der Waals surface area contributed by atoms with E-state index in [9.17, 15) is 4.79 Å². The average Bonchev–Trinajstić information content (AvgIpc) is 2.99. The molecule has 0 fully saturated rings. The van der Waals surface area contributed by atoms with E-state index in [-0.39, 0.29) is 5.97 Å². The fraction of sp³-hybridized carbons (Fsp3) is 0.105. The van der Waals surface area contributed by atoms with Gasteiger partial charge in [-0.2, -0.15) is 0 Å². The second-order valence-corrected chi connectivity index (χ2v) is 6.15. The van der Waals surface area contributed by atoms with Crippen LogP contribution < -0.4 is 0 Å². The van der Waals surface area contributed by atoms with Gasteiger partial charge in [-0.05, 0) is 35.9 Å². The smallest absolute Gasteiger partial charge is 0.340 e. The number of benzene rings is 1. The van der Waals surface area contributed by atoms with Crippen LogP contribution in [0.15, 0.2) is 55.0 Å². The zero-order chi connectivity index (χ0) is 17.4. The Kier molecular flexibility index (Phi) is 3.86. The van der Waals surface area contributed by atoms with Crippen molar-refractivity contribution in [3.8, 4) is 0 Å². The lowest BCUT2D eigenvalue weighted by Gasteiger charge is -2.06. The molecule has 0 saturated carbocycles. The van der Waals surface area contributed by atoms with Gasteiger partial charge in [0.25, 0.3) is 0 Å². The SMILES string of the molecule is COC(=O)c1cn(Cc2ccc3ncc(Cl)cc3c2)c2ncccc12. The number of aromatic nitrogens is 3. The first-order chi connectivity index (χ1) is 12.2. The molecule has 0 spiro atoms. The van der Waals surface area contributed by atoms with Crippen molar-refractivity contribution in [3.63, 3.8) is 0 Å². The van der Waals surface area contributed by atoms with Gasteiger partial charge in [-0.3, -0.25) is 4.98 Å². The van der Waals surface area contributed by atoms with Crippen LogP contribution in [0.4, 0.5) is 0 Å². The highest BCUT2D eigenvalue weighted by atomic mass is 35.5. The summed E-state index contributed by atoms with van der Waals surface area (Å²) in [6, 6.07) is 11.6. The molecule has 0 aliphatic rings. The number of fused-ring (bicyclic) bond motifs is 2. The maximum Gasteiger partial charge on any atom is 0.340 e. The number of hydrogen-bond donors (Lipinski definition) is 0. The summed E-state index contributed by atoms with van der Waals surface area (Å²) in [7, 11) is 1.38. The highest BCUT2D eigenvalue weighted by Gasteiger charge is 2.16. The third-order valence-electron chi connectivity index (χ3n) is 4.10. The van der Waals surface area contributed by atoms with Gasteiger partial charge in [-0.1, -0.05) is 17.7 Å². The number of pyridine rings is 2. The fourth-order valence-corrected chi connectivity index (χ4v) is 3.13. The minimum absolute atomic E-state index is 0.369. The lowest BCUT2D eigenvalue weighted by molar-refractivity contribution is 0.0602. The van der Waals surface area contributed by atoms with Gasteiger partial charge in [0.2, 0.25) is 0 Å². The number of carbonyl (C=O) groups excluding carboxylic acids is 1. The van der Waals surface area contributed by atoms with Crippen molar-refractivity contribution in [2.24, 2.45) is 0 Å². The van der Waals surface area contributed by atoms with E-state index in [4.69, 9.17) is 16.3 Å². The Labute approximate surface area is 148 Å². The Morgan fingerprint density at radius 1 is 1.24 bits per heavy atom. The zero-order valence-electron chi connectivity index (χ0n) is 13.4. The van der Waals surface area contributed by atoms with Crippen LogP contribution in [0.5, 0.6) is 0 Å². The second-order valence-electron chi connectivity index (χ2n) is 5.72. The van der Waals surface area contributed by atoms with Gasteiger partial charge in [0.15, 0.2) is 0 Å². The number of hydrogen-bond acceptors (Lipinski definition) is 4. The van der Waals surface area contributed by atoms with Crippen LogP contribution in [0.3, 0.4) is 0 Å². The Hall–Kier alpha value is -2.92. The van der Waals surface area contributed by atoms with Crippen molar-refractivity contribution in [1.82, 2.24) is 14.5 Å². The summed E-state index contributed by atoms with van der Waals surface area (Å²) in [5.74, 6) is -0.369. The van der Waals surface area contributed by atoms with Crippen LogP contribution in [-0.4, -0.2) is 27.6 Å². The molecule has 124 valence electrons. The number of halogens is 1. The van der Waals surface area contributed by atoms with E-state index >= 15 is 0 Å². The van der Waals surface area contributed by atoms with E-state index in [0.29, 0.717) is 17.1 Å². The molecule has 0 atom stereocenters. The monoisotopic (exact) mass is 351 g/mol. The van der Waals surface area contributed by atoms with Crippen LogP contribution in [0.2, 0.25) is 5.02 Å². The highest BCUT2D eigenvalue weighted by Crippen LogP contribution is 2.23. The predicted octanol–water partition coefficient (Wildman–Crippen LogP) is 4.07. The zero-order valence-corrected chi connectivity index (χ0v) is 14.2. The van der Waals surface area contributed by atoms with Gasteiger partial charge in [-0.15, -0.1) is 0 Å². The third-order valence-corrected chi connectivity index (χ3v) is 4.31. The first-order valence-electron chi connectivity index (χ1n) is 7.72. The van der Waals surface area contributed by atoms with E-state index in [1.165, 1.54) is 7.11 Å². The molecule has 4 rings (SSSR count). The Morgan fingerprint density at radius 2 is 2.12 bits per heavy atom. The minimum atomic E-state index is -0.369. The highest BCUT2D eigenvalue weighted by molar-refractivity contribution is 6.31. The molecular weight excluding hydrogens is 338 g/mol. The molecule has 0 bridgehead atoms. The molecule has 0 unspecified atom stereocenters. The molecule has 3 heterocycles. The number of carbonyl (C=O) groups is 1. The summed E-state index contributed by atoms with van der Waals surface area (Å²) < 4.78 is 6.82. The fourth-order valence-electron chi connectivity index (χ4n) is 2.96. The summed E-state index contributed by atoms with van der Waals surface area (Å²) in [5, 5.41) is 2.35. The van der Waals surface area contributed by atoms with Crippen molar-refractivity contribution in [2.45, 2.75) is 6.54 Å². The van der Waals surface area contributed by atoms with Crippen molar-refractivity contribution in [2.75, 3.05) is 7.11 Å². The molecule has 3 aromatic heterocycles. The minimum Gasteiger partial charge on any atom is -0.465 e. The first kappa shape index (κ1) is 15.6. The Bertz CT molecular complexity index is 1100. The van der Waals surface area contributed by atoms with Gasteiger partial charge < -0.3 is 9.30 Å². The van der Waals surface area contributed by atoms with Gasteiger partial charge in [0.05, 0.1) is 23.2 Å². The van der Waals surface area contributed by atoms with Crippen LogP contribution >= 0.6 is 11.6 Å². The summed E-state index contributed by atoms with van der Waals surface area (Å²) >= 11 is 6.03. The summed E-state index contributed by atoms with van der Waals surface area (Å²) in [6.07, 6.45) is 5.13. The molecule has 1 aromatic carbocycles. The number of nitrogens with zero attached hydrogens (tertiary/aromatic N) is 3. The number of esters is 1. The lowest BCUT2D eigenvalue weighted by Crippen LogP contribution is -2.01. The molecule has 25 heavy (non-hydrogen) atoms. The maximum absolute atomic E-state index is 12.0. The topological polar surface area (TPSA) is 57.0 Å². The second kappa shape index (κ2) is 6.18. The Balaban J connectivity index is 1.79. The van der Waals surface area contributed by atoms with Crippen LogP contribution in [0.25, 0.3) is 21.9 Å². The summed E-state index contributed by atoms with van der Waals surface area (Å²) in [4.78, 5) is 20.7. The van der Waals surface area contributed by atoms with Crippen LogP contribution in [-0.2, 0) is 11.3 Å². The number of methoxy groups -OCH3 is 1. The van der Waals surface area contributed by atoms with Gasteiger partial charge in [0.1, 0.15) is 5.65 Å². The Morgan fingerprint density at radius 3 is 2.96 bits per heavy atom. The average molecular weight is 352 g/mol. The number of ether oxygens (including phenoxy) is 1. The molecule has 5 nitrogen and oxygen atoms in total. The normalized spacial score (nSPS) is 11.1. The van der Waals surface area contributed by atoms with Crippen molar-refractivity contribution in [1.29, 1.82) is 0 Å². The molecule has 0 saturated heterocycles. The predicted molar refractivity (Wildman–Crippen MR) is 96.9 cm³/mol. The summed E-state index contributed by atoms with van der Waals surface area (Å²) in [6.45, 7) is 0.576. The lowest BCUT2D eigenvalue weighted by atomic mass is 10.1. The van der Waals surface area contributed by atoms with Gasteiger partial charge in [-0.25, -0.2) is 9.78 Å². The molecule has 4 aromatic rings. The van der Waals surface area contributed by atoms with Crippen molar-refractivity contribution < 1.29 is 9.53 Å². The van der Waals surface area contributed by atoms with Crippen molar-refractivity contribution >= 4 is 39.5 Å². The molecule has 6 heteroatoms. The van der Waals surface area contributed by atoms with Crippen LogP contribution in [0, 0.1) is 0 Å². The largest absolute Gasteiger partial charge is 0.465 e. The van der Waals surface area contributed by atoms with Gasteiger partial charge >= 0.3 is 5.97 Å². The molecule has 0 N–H and O–H groups in total. The molecular formula is C19H14ClN3O2.